The summed E-state index contributed by atoms with van der Waals surface area (Å²) in [5.41, 5.74) is -0.270. The minimum atomic E-state index is -0.885. The molecule has 0 spiro atoms. The van der Waals surface area contributed by atoms with E-state index in [4.69, 9.17) is 0 Å². The maximum atomic E-state index is 12.9. The summed E-state index contributed by atoms with van der Waals surface area (Å²) in [5, 5.41) is 12.2. The van der Waals surface area contributed by atoms with Crippen LogP contribution in [0.3, 0.4) is 0 Å². The van der Waals surface area contributed by atoms with Gasteiger partial charge in [-0.25, -0.2) is 0 Å². The molecule has 0 bridgehead atoms. The second kappa shape index (κ2) is 5.11. The maximum Gasteiger partial charge on any atom is 0.256 e. The van der Waals surface area contributed by atoms with Crippen molar-refractivity contribution in [3.63, 3.8) is 0 Å². The smallest absolute Gasteiger partial charge is 0.256 e. The van der Waals surface area contributed by atoms with Crippen LogP contribution in [0.15, 0.2) is 36.7 Å². The number of aromatic nitrogens is 1. The standard InChI is InChI=1S/C17H20N2O2/c1-17(2,21)15-8-5-9-19(15)16(20)14-11-18-10-12-6-3-4-7-13(12)14/h3-4,6-7,10-11,15,21H,5,8-9H2,1-2H3. The van der Waals surface area contributed by atoms with E-state index in [1.807, 2.05) is 24.3 Å². The Kier molecular flexibility index (Phi) is 3.41. The quantitative estimate of drug-likeness (QED) is 0.922. The Balaban J connectivity index is 2.01. The van der Waals surface area contributed by atoms with Crippen LogP contribution in [0.4, 0.5) is 0 Å². The first-order chi connectivity index (χ1) is 9.98. The van der Waals surface area contributed by atoms with Gasteiger partial charge in [-0.15, -0.1) is 0 Å². The van der Waals surface area contributed by atoms with Crippen molar-refractivity contribution in [1.82, 2.24) is 9.88 Å². The molecule has 1 aromatic heterocycles. The summed E-state index contributed by atoms with van der Waals surface area (Å²) in [7, 11) is 0. The predicted octanol–water partition coefficient (Wildman–Crippen LogP) is 2.61. The average molecular weight is 284 g/mol. The van der Waals surface area contributed by atoms with Crippen molar-refractivity contribution in [3.05, 3.63) is 42.2 Å². The summed E-state index contributed by atoms with van der Waals surface area (Å²) in [5.74, 6) is -0.0380. The summed E-state index contributed by atoms with van der Waals surface area (Å²) in [4.78, 5) is 18.9. The Hall–Kier alpha value is -1.94. The topological polar surface area (TPSA) is 53.4 Å². The Morgan fingerprint density at radius 2 is 2.10 bits per heavy atom. The summed E-state index contributed by atoms with van der Waals surface area (Å²) in [6.45, 7) is 4.23. The predicted molar refractivity (Wildman–Crippen MR) is 82.1 cm³/mol. The molecule has 1 aromatic carbocycles. The van der Waals surface area contributed by atoms with E-state index < -0.39 is 5.60 Å². The normalized spacial score (nSPS) is 19.2. The molecule has 1 saturated heterocycles. The molecule has 1 atom stereocenters. The minimum Gasteiger partial charge on any atom is -0.388 e. The molecule has 1 unspecified atom stereocenters. The lowest BCUT2D eigenvalue weighted by molar-refractivity contribution is 0.000394. The van der Waals surface area contributed by atoms with Crippen LogP contribution in [0, 0.1) is 0 Å². The molecule has 1 N–H and O–H groups in total. The third kappa shape index (κ3) is 2.51. The van der Waals surface area contributed by atoms with Crippen LogP contribution >= 0.6 is 0 Å². The summed E-state index contributed by atoms with van der Waals surface area (Å²) >= 11 is 0. The third-order valence-electron chi connectivity index (χ3n) is 4.23. The van der Waals surface area contributed by atoms with Gasteiger partial charge in [0.2, 0.25) is 0 Å². The average Bonchev–Trinajstić information content (AvgIpc) is 2.95. The number of hydrogen-bond acceptors (Lipinski definition) is 3. The van der Waals surface area contributed by atoms with E-state index in [1.165, 1.54) is 0 Å². The number of nitrogens with zero attached hydrogens (tertiary/aromatic N) is 2. The first-order valence-corrected chi connectivity index (χ1v) is 7.34. The highest BCUT2D eigenvalue weighted by atomic mass is 16.3. The summed E-state index contributed by atoms with van der Waals surface area (Å²) < 4.78 is 0. The maximum absolute atomic E-state index is 12.9. The lowest BCUT2D eigenvalue weighted by Crippen LogP contribution is -2.48. The van der Waals surface area contributed by atoms with E-state index in [-0.39, 0.29) is 11.9 Å². The first-order valence-electron chi connectivity index (χ1n) is 7.34. The number of carbonyl (C=O) groups excluding carboxylic acids is 1. The van der Waals surface area contributed by atoms with E-state index in [9.17, 15) is 9.90 Å². The Morgan fingerprint density at radius 3 is 2.86 bits per heavy atom. The fraction of sp³-hybridized carbons (Fsp3) is 0.412. The van der Waals surface area contributed by atoms with Crippen LogP contribution in [-0.4, -0.2) is 39.1 Å². The second-order valence-corrected chi connectivity index (χ2v) is 6.22. The van der Waals surface area contributed by atoms with Gasteiger partial charge in [-0.05, 0) is 32.1 Å². The van der Waals surface area contributed by atoms with Crippen molar-refractivity contribution < 1.29 is 9.90 Å². The number of benzene rings is 1. The van der Waals surface area contributed by atoms with Crippen LogP contribution in [0.5, 0.6) is 0 Å². The molecule has 2 aromatic rings. The molecular weight excluding hydrogens is 264 g/mol. The molecule has 0 radical (unpaired) electrons. The van der Waals surface area contributed by atoms with Gasteiger partial charge in [0, 0.05) is 24.3 Å². The summed E-state index contributed by atoms with van der Waals surface area (Å²) in [6, 6.07) is 7.63. The van der Waals surface area contributed by atoms with Gasteiger partial charge in [-0.1, -0.05) is 24.3 Å². The number of amides is 1. The van der Waals surface area contributed by atoms with Crippen molar-refractivity contribution in [3.8, 4) is 0 Å². The summed E-state index contributed by atoms with van der Waals surface area (Å²) in [6.07, 6.45) is 5.17. The fourth-order valence-electron chi connectivity index (χ4n) is 3.19. The minimum absolute atomic E-state index is 0.0380. The number of pyridine rings is 1. The van der Waals surface area contributed by atoms with Crippen LogP contribution in [0.25, 0.3) is 10.8 Å². The zero-order valence-electron chi connectivity index (χ0n) is 12.4. The number of hydrogen-bond donors (Lipinski definition) is 1. The molecule has 1 aliphatic rings. The Morgan fingerprint density at radius 1 is 1.33 bits per heavy atom. The van der Waals surface area contributed by atoms with Gasteiger partial charge in [-0.2, -0.15) is 0 Å². The van der Waals surface area contributed by atoms with E-state index in [0.717, 1.165) is 23.6 Å². The van der Waals surface area contributed by atoms with Gasteiger partial charge in [-0.3, -0.25) is 9.78 Å². The lowest BCUT2D eigenvalue weighted by atomic mass is 9.96. The number of aliphatic hydroxyl groups is 1. The van der Waals surface area contributed by atoms with E-state index in [0.29, 0.717) is 12.1 Å². The van der Waals surface area contributed by atoms with E-state index in [2.05, 4.69) is 4.98 Å². The van der Waals surface area contributed by atoms with Crippen LogP contribution in [-0.2, 0) is 0 Å². The number of likely N-dealkylation sites (tertiary alicyclic amines) is 1. The van der Waals surface area contributed by atoms with Gasteiger partial charge >= 0.3 is 0 Å². The third-order valence-corrected chi connectivity index (χ3v) is 4.23. The number of fused-ring (bicyclic) bond motifs is 1. The molecule has 110 valence electrons. The Labute approximate surface area is 124 Å². The Bertz CT molecular complexity index is 671. The largest absolute Gasteiger partial charge is 0.388 e. The number of rotatable bonds is 2. The van der Waals surface area contributed by atoms with Crippen LogP contribution in [0.1, 0.15) is 37.0 Å². The van der Waals surface area contributed by atoms with Crippen molar-refractivity contribution in [2.24, 2.45) is 0 Å². The molecule has 4 heteroatoms. The van der Waals surface area contributed by atoms with Gasteiger partial charge in [0.1, 0.15) is 0 Å². The lowest BCUT2D eigenvalue weighted by Gasteiger charge is -2.34. The SMILES string of the molecule is CC(C)(O)C1CCCN1C(=O)c1cncc2ccccc12. The second-order valence-electron chi connectivity index (χ2n) is 6.22. The molecular formula is C17H20N2O2. The highest BCUT2D eigenvalue weighted by molar-refractivity contribution is 6.06. The van der Waals surface area contributed by atoms with Crippen LogP contribution in [0.2, 0.25) is 0 Å². The highest BCUT2D eigenvalue weighted by Gasteiger charge is 2.39. The first kappa shape index (κ1) is 14.0. The van der Waals surface area contributed by atoms with Gasteiger partial charge in [0.05, 0.1) is 17.2 Å². The van der Waals surface area contributed by atoms with Crippen molar-refractivity contribution in [2.45, 2.75) is 38.3 Å². The van der Waals surface area contributed by atoms with Crippen molar-refractivity contribution >= 4 is 16.7 Å². The van der Waals surface area contributed by atoms with E-state index >= 15 is 0 Å². The van der Waals surface area contributed by atoms with Crippen LogP contribution < -0.4 is 0 Å². The van der Waals surface area contributed by atoms with Gasteiger partial charge in [0.25, 0.3) is 5.91 Å². The molecule has 1 aliphatic heterocycles. The monoisotopic (exact) mass is 284 g/mol. The molecule has 1 fully saturated rings. The molecule has 21 heavy (non-hydrogen) atoms. The molecule has 2 heterocycles. The van der Waals surface area contributed by atoms with Gasteiger partial charge < -0.3 is 10.0 Å². The molecule has 0 saturated carbocycles. The molecule has 4 nitrogen and oxygen atoms in total. The zero-order chi connectivity index (χ0) is 15.0. The van der Waals surface area contributed by atoms with Crippen molar-refractivity contribution in [2.75, 3.05) is 6.54 Å². The number of carbonyl (C=O) groups is 1. The molecule has 0 aliphatic carbocycles. The zero-order valence-corrected chi connectivity index (χ0v) is 12.4. The molecule has 1 amide bonds. The molecule has 3 rings (SSSR count). The van der Waals surface area contributed by atoms with E-state index in [1.54, 1.807) is 31.1 Å². The van der Waals surface area contributed by atoms with Gasteiger partial charge in [0.15, 0.2) is 0 Å². The van der Waals surface area contributed by atoms with Crippen molar-refractivity contribution in [1.29, 1.82) is 0 Å². The highest BCUT2D eigenvalue weighted by Crippen LogP contribution is 2.29. The fourth-order valence-corrected chi connectivity index (χ4v) is 3.19.